The summed E-state index contributed by atoms with van der Waals surface area (Å²) in [5, 5.41) is 3.75. The number of anilines is 1. The number of hydrogen-bond acceptors (Lipinski definition) is 7. The lowest BCUT2D eigenvalue weighted by molar-refractivity contribution is -0.119. The van der Waals surface area contributed by atoms with Crippen LogP contribution in [0.15, 0.2) is 65.8 Å². The van der Waals surface area contributed by atoms with E-state index in [1.54, 1.807) is 37.4 Å². The predicted octanol–water partition coefficient (Wildman–Crippen LogP) is 4.46. The van der Waals surface area contributed by atoms with E-state index in [2.05, 4.69) is 20.2 Å². The van der Waals surface area contributed by atoms with Crippen LogP contribution in [0, 0.1) is 0 Å². The van der Waals surface area contributed by atoms with Crippen LogP contribution in [0.1, 0.15) is 35.8 Å². The Morgan fingerprint density at radius 1 is 1.14 bits per heavy atom. The number of halogens is 1. The Balaban J connectivity index is 1.35. The predicted molar refractivity (Wildman–Crippen MR) is 146 cm³/mol. The van der Waals surface area contributed by atoms with Gasteiger partial charge in [0.2, 0.25) is 5.91 Å². The molecule has 1 fully saturated rings. The van der Waals surface area contributed by atoms with Crippen LogP contribution >= 0.6 is 23.4 Å². The van der Waals surface area contributed by atoms with Gasteiger partial charge in [0, 0.05) is 37.3 Å². The Labute approximate surface area is 226 Å². The molecule has 1 aromatic heterocycles. The zero-order valence-electron chi connectivity index (χ0n) is 21.1. The fraction of sp³-hybridized carbons (Fsp3) is 0.333. The Kier molecular flexibility index (Phi) is 8.89. The number of ether oxygens (including phenoxy) is 1. The van der Waals surface area contributed by atoms with Gasteiger partial charge in [-0.05, 0) is 43.7 Å². The fourth-order valence-corrected chi connectivity index (χ4v) is 5.11. The van der Waals surface area contributed by atoms with E-state index >= 15 is 0 Å². The van der Waals surface area contributed by atoms with Gasteiger partial charge in [-0.25, -0.2) is 9.97 Å². The van der Waals surface area contributed by atoms with Gasteiger partial charge in [0.25, 0.3) is 5.91 Å². The van der Waals surface area contributed by atoms with Crippen molar-refractivity contribution in [3.63, 3.8) is 0 Å². The van der Waals surface area contributed by atoms with Gasteiger partial charge in [0.15, 0.2) is 5.16 Å². The highest BCUT2D eigenvalue weighted by Crippen LogP contribution is 2.25. The largest absolute Gasteiger partial charge is 0.497 e. The molecule has 0 radical (unpaired) electrons. The molecule has 37 heavy (non-hydrogen) atoms. The smallest absolute Gasteiger partial charge is 0.254 e. The minimum Gasteiger partial charge on any atom is -0.497 e. The number of thioether (sulfide) groups is 1. The first-order valence-electron chi connectivity index (χ1n) is 12.1. The Bertz CT molecular complexity index is 1230. The van der Waals surface area contributed by atoms with Crippen molar-refractivity contribution in [1.82, 2.24) is 20.2 Å². The van der Waals surface area contributed by atoms with Gasteiger partial charge < -0.3 is 19.9 Å². The van der Waals surface area contributed by atoms with Crippen LogP contribution in [0.3, 0.4) is 0 Å². The summed E-state index contributed by atoms with van der Waals surface area (Å²) < 4.78 is 5.19. The normalized spacial score (nSPS) is 16.3. The van der Waals surface area contributed by atoms with E-state index in [4.69, 9.17) is 16.3 Å². The molecule has 2 unspecified atom stereocenters. The van der Waals surface area contributed by atoms with Crippen molar-refractivity contribution in [2.24, 2.45) is 0 Å². The molecule has 2 heterocycles. The standard InChI is InChI=1S/C27H30ClN5O3S/c1-18-16-32(13-14-33(18)26(35)21-9-11-22(36-3)12-10-21)24-15-23(28)30-27(31-24)37-17-25(34)29-19(2)20-7-5-4-6-8-20/h4-12,15,18-19H,13-14,16-17H2,1-3H3,(H,29,34). The number of aromatic nitrogens is 2. The van der Waals surface area contributed by atoms with Gasteiger partial charge in [0.1, 0.15) is 16.7 Å². The number of nitrogens with zero attached hydrogens (tertiary/aromatic N) is 4. The minimum absolute atomic E-state index is 0.0116. The number of carbonyl (C=O) groups excluding carboxylic acids is 2. The first kappa shape index (κ1) is 26.8. The quantitative estimate of drug-likeness (QED) is 0.257. The second kappa shape index (κ2) is 12.3. The molecule has 2 aromatic carbocycles. The van der Waals surface area contributed by atoms with Crippen molar-refractivity contribution >= 4 is 41.0 Å². The third-order valence-corrected chi connectivity index (χ3v) is 7.26. The van der Waals surface area contributed by atoms with Crippen molar-refractivity contribution in [2.75, 3.05) is 37.4 Å². The summed E-state index contributed by atoms with van der Waals surface area (Å²) in [6.45, 7) is 5.74. The Morgan fingerprint density at radius 3 is 2.54 bits per heavy atom. The van der Waals surface area contributed by atoms with Gasteiger partial charge >= 0.3 is 0 Å². The average Bonchev–Trinajstić information content (AvgIpc) is 2.91. The number of piperazine rings is 1. The Morgan fingerprint density at radius 2 is 1.86 bits per heavy atom. The zero-order chi connectivity index (χ0) is 26.4. The number of methoxy groups -OCH3 is 1. The lowest BCUT2D eigenvalue weighted by Gasteiger charge is -2.40. The van der Waals surface area contributed by atoms with Crippen LogP contribution in [0.4, 0.5) is 5.82 Å². The number of benzene rings is 2. The maximum absolute atomic E-state index is 13.1. The molecule has 1 saturated heterocycles. The van der Waals surface area contributed by atoms with Crippen LogP contribution in [0.2, 0.25) is 5.15 Å². The average molecular weight is 540 g/mol. The molecule has 0 spiro atoms. The fourth-order valence-electron chi connectivity index (χ4n) is 4.22. The van der Waals surface area contributed by atoms with E-state index in [1.807, 2.05) is 49.1 Å². The molecular formula is C27H30ClN5O3S. The summed E-state index contributed by atoms with van der Waals surface area (Å²) >= 11 is 7.55. The molecule has 2 amide bonds. The van der Waals surface area contributed by atoms with Gasteiger partial charge in [0.05, 0.1) is 18.9 Å². The van der Waals surface area contributed by atoms with E-state index in [0.29, 0.717) is 47.1 Å². The molecular weight excluding hydrogens is 510 g/mol. The van der Waals surface area contributed by atoms with E-state index in [9.17, 15) is 9.59 Å². The van der Waals surface area contributed by atoms with Crippen LogP contribution in [0.5, 0.6) is 5.75 Å². The van der Waals surface area contributed by atoms with Crippen molar-refractivity contribution in [3.8, 4) is 5.75 Å². The zero-order valence-corrected chi connectivity index (χ0v) is 22.6. The SMILES string of the molecule is COc1ccc(C(=O)N2CCN(c3cc(Cl)nc(SCC(=O)NC(C)c4ccccc4)n3)CC2C)cc1. The third kappa shape index (κ3) is 6.93. The lowest BCUT2D eigenvalue weighted by atomic mass is 10.1. The molecule has 0 saturated carbocycles. The lowest BCUT2D eigenvalue weighted by Crippen LogP contribution is -2.54. The maximum Gasteiger partial charge on any atom is 0.254 e. The number of carbonyl (C=O) groups is 2. The Hall–Kier alpha value is -3.30. The molecule has 8 nitrogen and oxygen atoms in total. The second-order valence-corrected chi connectivity index (χ2v) is 10.2. The van der Waals surface area contributed by atoms with E-state index in [-0.39, 0.29) is 29.7 Å². The molecule has 0 bridgehead atoms. The highest BCUT2D eigenvalue weighted by molar-refractivity contribution is 7.99. The third-order valence-electron chi connectivity index (χ3n) is 6.22. The minimum atomic E-state index is -0.106. The number of hydrogen-bond donors (Lipinski definition) is 1. The highest BCUT2D eigenvalue weighted by Gasteiger charge is 2.29. The first-order chi connectivity index (χ1) is 17.8. The molecule has 4 rings (SSSR count). The summed E-state index contributed by atoms with van der Waals surface area (Å²) in [6, 6.07) is 18.5. The van der Waals surface area contributed by atoms with Gasteiger partial charge in [-0.2, -0.15) is 0 Å². The first-order valence-corrected chi connectivity index (χ1v) is 13.4. The topological polar surface area (TPSA) is 87.7 Å². The van der Waals surface area contributed by atoms with Crippen molar-refractivity contribution in [2.45, 2.75) is 31.1 Å². The van der Waals surface area contributed by atoms with Gasteiger partial charge in [-0.15, -0.1) is 0 Å². The van der Waals surface area contributed by atoms with Crippen molar-refractivity contribution in [3.05, 3.63) is 76.9 Å². The van der Waals surface area contributed by atoms with Gasteiger partial charge in [-0.1, -0.05) is 53.7 Å². The molecule has 2 atom stereocenters. The van der Waals surface area contributed by atoms with E-state index < -0.39 is 0 Å². The second-order valence-electron chi connectivity index (χ2n) is 8.84. The summed E-state index contributed by atoms with van der Waals surface area (Å²) in [5.41, 5.74) is 1.67. The van der Waals surface area contributed by atoms with Crippen molar-refractivity contribution in [1.29, 1.82) is 0 Å². The van der Waals surface area contributed by atoms with Gasteiger partial charge in [-0.3, -0.25) is 9.59 Å². The molecule has 0 aliphatic carbocycles. The molecule has 3 aromatic rings. The van der Waals surface area contributed by atoms with Crippen LogP contribution < -0.4 is 15.0 Å². The van der Waals surface area contributed by atoms with Crippen LogP contribution in [-0.2, 0) is 4.79 Å². The van der Waals surface area contributed by atoms with Crippen molar-refractivity contribution < 1.29 is 14.3 Å². The molecule has 10 heteroatoms. The van der Waals surface area contributed by atoms with E-state index in [1.165, 1.54) is 11.8 Å². The molecule has 1 aliphatic rings. The summed E-state index contributed by atoms with van der Waals surface area (Å²) in [7, 11) is 1.60. The summed E-state index contributed by atoms with van der Waals surface area (Å²) in [4.78, 5) is 38.4. The molecule has 1 N–H and O–H groups in total. The van der Waals surface area contributed by atoms with Crippen LogP contribution in [0.25, 0.3) is 0 Å². The number of amides is 2. The summed E-state index contributed by atoms with van der Waals surface area (Å²) in [5.74, 6) is 1.46. The van der Waals surface area contributed by atoms with E-state index in [0.717, 1.165) is 5.56 Å². The van der Waals surface area contributed by atoms with Crippen LogP contribution in [-0.4, -0.2) is 65.2 Å². The molecule has 194 valence electrons. The summed E-state index contributed by atoms with van der Waals surface area (Å²) in [6.07, 6.45) is 0. The number of rotatable bonds is 8. The molecule has 1 aliphatic heterocycles. The highest BCUT2D eigenvalue weighted by atomic mass is 35.5. The maximum atomic E-state index is 13.1. The number of nitrogens with one attached hydrogen (secondary N) is 1. The monoisotopic (exact) mass is 539 g/mol.